The van der Waals surface area contributed by atoms with Crippen LogP contribution < -0.4 is 0 Å². The van der Waals surface area contributed by atoms with E-state index in [0.717, 1.165) is 6.42 Å². The predicted octanol–water partition coefficient (Wildman–Crippen LogP) is 1.25. The quantitative estimate of drug-likeness (QED) is 0.709. The van der Waals surface area contributed by atoms with E-state index in [2.05, 4.69) is 5.10 Å². The summed E-state index contributed by atoms with van der Waals surface area (Å²) in [6.45, 7) is 5.92. The number of carbonyl (C=O) groups is 1. The molecular formula is C12H20N2O4. The molecule has 1 N–H and O–H groups in total. The molecule has 0 spiro atoms. The molecule has 0 aromatic carbocycles. The van der Waals surface area contributed by atoms with E-state index < -0.39 is 5.97 Å². The maximum absolute atomic E-state index is 11.0. The molecule has 0 saturated carbocycles. The molecule has 6 nitrogen and oxygen atoms in total. The second-order valence-corrected chi connectivity index (χ2v) is 4.03. The second kappa shape index (κ2) is 7.13. The zero-order chi connectivity index (χ0) is 13.5. The minimum Gasteiger partial charge on any atom is -0.478 e. The highest BCUT2D eigenvalue weighted by Gasteiger charge is 2.16. The van der Waals surface area contributed by atoms with Gasteiger partial charge < -0.3 is 14.6 Å². The van der Waals surface area contributed by atoms with E-state index in [1.54, 1.807) is 25.6 Å². The van der Waals surface area contributed by atoms with Crippen molar-refractivity contribution in [2.75, 3.05) is 26.9 Å². The third-order valence-corrected chi connectivity index (χ3v) is 2.69. The molecule has 1 aromatic rings. The number of carboxylic acid groups (broad SMARTS) is 1. The van der Waals surface area contributed by atoms with E-state index in [-0.39, 0.29) is 0 Å². The zero-order valence-corrected chi connectivity index (χ0v) is 11.1. The fourth-order valence-corrected chi connectivity index (χ4v) is 1.78. The van der Waals surface area contributed by atoms with Crippen molar-refractivity contribution in [2.45, 2.75) is 26.8 Å². The van der Waals surface area contributed by atoms with Crippen LogP contribution >= 0.6 is 0 Å². The van der Waals surface area contributed by atoms with Gasteiger partial charge in [0.25, 0.3) is 0 Å². The van der Waals surface area contributed by atoms with Gasteiger partial charge in [-0.05, 0) is 20.3 Å². The van der Waals surface area contributed by atoms with Crippen molar-refractivity contribution in [3.05, 3.63) is 17.0 Å². The predicted molar refractivity (Wildman–Crippen MR) is 66.0 cm³/mol. The summed E-state index contributed by atoms with van der Waals surface area (Å²) in [5, 5.41) is 13.3. The third-order valence-electron chi connectivity index (χ3n) is 2.69. The summed E-state index contributed by atoms with van der Waals surface area (Å²) in [4.78, 5) is 11.0. The monoisotopic (exact) mass is 256 g/mol. The number of aromatic nitrogens is 2. The van der Waals surface area contributed by atoms with Crippen molar-refractivity contribution in [1.29, 1.82) is 0 Å². The molecule has 0 aliphatic rings. The largest absolute Gasteiger partial charge is 0.478 e. The molecule has 102 valence electrons. The molecule has 6 heteroatoms. The molecule has 0 unspecified atom stereocenters. The third kappa shape index (κ3) is 3.82. The molecule has 0 saturated heterocycles. The lowest BCUT2D eigenvalue weighted by Gasteiger charge is -2.05. The summed E-state index contributed by atoms with van der Waals surface area (Å²) in [6.07, 6.45) is 0.796. The van der Waals surface area contributed by atoms with Crippen LogP contribution in [0.4, 0.5) is 0 Å². The maximum atomic E-state index is 11.0. The fraction of sp³-hybridized carbons (Fsp3) is 0.667. The van der Waals surface area contributed by atoms with Crippen LogP contribution in [0.1, 0.15) is 28.2 Å². The van der Waals surface area contributed by atoms with E-state index in [4.69, 9.17) is 14.6 Å². The van der Waals surface area contributed by atoms with E-state index in [1.165, 1.54) is 0 Å². The Morgan fingerprint density at radius 3 is 2.61 bits per heavy atom. The first-order valence-corrected chi connectivity index (χ1v) is 5.92. The van der Waals surface area contributed by atoms with Crippen molar-refractivity contribution in [3.8, 4) is 0 Å². The molecule has 0 aliphatic heterocycles. The maximum Gasteiger partial charge on any atom is 0.339 e. The van der Waals surface area contributed by atoms with E-state index in [9.17, 15) is 4.79 Å². The Labute approximate surface area is 107 Å². The number of aromatic carboxylic acids is 1. The normalized spacial score (nSPS) is 10.8. The average Bonchev–Trinajstić information content (AvgIpc) is 2.59. The minimum atomic E-state index is -0.924. The Bertz CT molecular complexity index is 401. The first kappa shape index (κ1) is 14.7. The summed E-state index contributed by atoms with van der Waals surface area (Å²) in [6, 6.07) is 0. The molecule has 1 heterocycles. The molecule has 0 bridgehead atoms. The standard InChI is InChI=1S/C12H20N2O4/c1-9-11(12(15)16)10(2)14(13-9)5-4-6-18-8-7-17-3/h4-8H2,1-3H3,(H,15,16). The number of hydrogen-bond donors (Lipinski definition) is 1. The molecule has 1 rings (SSSR count). The Morgan fingerprint density at radius 2 is 2.06 bits per heavy atom. The molecule has 0 aliphatic carbocycles. The molecule has 0 amide bonds. The number of rotatable bonds is 8. The van der Waals surface area contributed by atoms with E-state index >= 15 is 0 Å². The lowest BCUT2D eigenvalue weighted by atomic mass is 10.2. The average molecular weight is 256 g/mol. The Morgan fingerprint density at radius 1 is 1.33 bits per heavy atom. The molecule has 18 heavy (non-hydrogen) atoms. The van der Waals surface area contributed by atoms with Gasteiger partial charge in [-0.2, -0.15) is 5.10 Å². The fourth-order valence-electron chi connectivity index (χ4n) is 1.78. The van der Waals surface area contributed by atoms with Gasteiger partial charge in [-0.25, -0.2) is 4.79 Å². The number of carboxylic acids is 1. The van der Waals surface area contributed by atoms with Crippen molar-refractivity contribution >= 4 is 5.97 Å². The Balaban J connectivity index is 2.44. The summed E-state index contributed by atoms with van der Waals surface area (Å²) in [7, 11) is 1.63. The van der Waals surface area contributed by atoms with Gasteiger partial charge in [0.1, 0.15) is 5.56 Å². The lowest BCUT2D eigenvalue weighted by Crippen LogP contribution is -2.09. The number of methoxy groups -OCH3 is 1. The van der Waals surface area contributed by atoms with Crippen molar-refractivity contribution < 1.29 is 19.4 Å². The highest BCUT2D eigenvalue weighted by molar-refractivity contribution is 5.90. The Kier molecular flexibility index (Phi) is 5.80. The second-order valence-electron chi connectivity index (χ2n) is 4.03. The molecule has 0 fully saturated rings. The smallest absolute Gasteiger partial charge is 0.339 e. The van der Waals surface area contributed by atoms with Crippen LogP contribution in [-0.2, 0) is 16.0 Å². The van der Waals surface area contributed by atoms with Crippen LogP contribution in [0.3, 0.4) is 0 Å². The van der Waals surface area contributed by atoms with Crippen LogP contribution in [0.15, 0.2) is 0 Å². The Hall–Kier alpha value is -1.40. The van der Waals surface area contributed by atoms with Crippen LogP contribution in [-0.4, -0.2) is 47.8 Å². The summed E-state index contributed by atoms with van der Waals surface area (Å²) in [5.41, 5.74) is 1.55. The van der Waals surface area contributed by atoms with Gasteiger partial charge in [0.05, 0.1) is 24.6 Å². The number of nitrogens with zero attached hydrogens (tertiary/aromatic N) is 2. The van der Waals surface area contributed by atoms with Gasteiger partial charge in [0.2, 0.25) is 0 Å². The highest BCUT2D eigenvalue weighted by atomic mass is 16.5. The first-order valence-electron chi connectivity index (χ1n) is 5.92. The SMILES string of the molecule is COCCOCCCn1nc(C)c(C(=O)O)c1C. The van der Waals surface area contributed by atoms with Gasteiger partial charge in [-0.3, -0.25) is 4.68 Å². The summed E-state index contributed by atoms with van der Waals surface area (Å²) >= 11 is 0. The van der Waals surface area contributed by atoms with Crippen LogP contribution in [0.25, 0.3) is 0 Å². The first-order chi connectivity index (χ1) is 8.57. The molecule has 0 atom stereocenters. The van der Waals surface area contributed by atoms with Crippen LogP contribution in [0.5, 0.6) is 0 Å². The number of ether oxygens (including phenoxy) is 2. The minimum absolute atomic E-state index is 0.301. The van der Waals surface area contributed by atoms with Crippen LogP contribution in [0, 0.1) is 13.8 Å². The van der Waals surface area contributed by atoms with Gasteiger partial charge in [0.15, 0.2) is 0 Å². The van der Waals surface area contributed by atoms with E-state index in [1.807, 2.05) is 0 Å². The van der Waals surface area contributed by atoms with Crippen molar-refractivity contribution in [1.82, 2.24) is 9.78 Å². The van der Waals surface area contributed by atoms with Gasteiger partial charge in [0, 0.05) is 20.3 Å². The lowest BCUT2D eigenvalue weighted by molar-refractivity contribution is 0.0675. The van der Waals surface area contributed by atoms with Crippen molar-refractivity contribution in [2.24, 2.45) is 0 Å². The topological polar surface area (TPSA) is 73.6 Å². The van der Waals surface area contributed by atoms with E-state index in [0.29, 0.717) is 43.3 Å². The molecular weight excluding hydrogens is 236 g/mol. The molecule has 0 radical (unpaired) electrons. The van der Waals surface area contributed by atoms with Crippen LogP contribution in [0.2, 0.25) is 0 Å². The summed E-state index contributed by atoms with van der Waals surface area (Å²) < 4.78 is 11.9. The van der Waals surface area contributed by atoms with Gasteiger partial charge in [-0.1, -0.05) is 0 Å². The van der Waals surface area contributed by atoms with Gasteiger partial charge >= 0.3 is 5.97 Å². The molecule has 1 aromatic heterocycles. The zero-order valence-electron chi connectivity index (χ0n) is 11.1. The number of aryl methyl sites for hydroxylation is 2. The van der Waals surface area contributed by atoms with Crippen molar-refractivity contribution in [3.63, 3.8) is 0 Å². The summed E-state index contributed by atoms with van der Waals surface area (Å²) in [5.74, 6) is -0.924. The highest BCUT2D eigenvalue weighted by Crippen LogP contribution is 2.13. The number of hydrogen-bond acceptors (Lipinski definition) is 4. The van der Waals surface area contributed by atoms with Gasteiger partial charge in [-0.15, -0.1) is 0 Å².